The maximum atomic E-state index is 12.1. The summed E-state index contributed by atoms with van der Waals surface area (Å²) in [5, 5.41) is 0.752. The van der Waals surface area contributed by atoms with E-state index in [-0.39, 0.29) is 11.3 Å². The summed E-state index contributed by atoms with van der Waals surface area (Å²) in [6.07, 6.45) is 2.90. The Morgan fingerprint density at radius 3 is 2.33 bits per heavy atom. The molecule has 1 aromatic rings. The second-order valence-corrected chi connectivity index (χ2v) is 6.30. The molecule has 0 aliphatic heterocycles. The van der Waals surface area contributed by atoms with Crippen molar-refractivity contribution < 1.29 is 14.3 Å². The number of hydrogen-bond acceptors (Lipinski definition) is 3. The Morgan fingerprint density at radius 1 is 1.33 bits per heavy atom. The van der Waals surface area contributed by atoms with E-state index in [4.69, 9.17) is 11.6 Å². The quantitative estimate of drug-likeness (QED) is 0.787. The molecule has 1 aromatic carbocycles. The SMILES string of the molecule is CC1(C)CCC(Cc2ccc(Cl)cc2)C1=O.CCOC=O. The van der Waals surface area contributed by atoms with Gasteiger partial charge in [0.15, 0.2) is 0 Å². The van der Waals surface area contributed by atoms with Gasteiger partial charge < -0.3 is 4.74 Å². The third-order valence-corrected chi connectivity index (χ3v) is 4.04. The van der Waals surface area contributed by atoms with Gasteiger partial charge in [-0.05, 0) is 43.9 Å². The van der Waals surface area contributed by atoms with E-state index in [1.807, 2.05) is 24.3 Å². The van der Waals surface area contributed by atoms with Crippen molar-refractivity contribution in [3.05, 3.63) is 34.9 Å². The first kappa shape index (κ1) is 17.7. The number of ether oxygens (including phenoxy) is 1. The highest BCUT2D eigenvalue weighted by molar-refractivity contribution is 6.30. The van der Waals surface area contributed by atoms with Crippen LogP contribution in [0.5, 0.6) is 0 Å². The molecule has 3 nitrogen and oxygen atoms in total. The number of halogens is 1. The highest BCUT2D eigenvalue weighted by Crippen LogP contribution is 2.38. The van der Waals surface area contributed by atoms with E-state index in [0.717, 1.165) is 24.3 Å². The van der Waals surface area contributed by atoms with Crippen molar-refractivity contribution in [3.63, 3.8) is 0 Å². The summed E-state index contributed by atoms with van der Waals surface area (Å²) in [6.45, 7) is 6.77. The zero-order chi connectivity index (χ0) is 15.9. The van der Waals surface area contributed by atoms with Crippen LogP contribution in [-0.4, -0.2) is 18.9 Å². The largest absolute Gasteiger partial charge is 0.468 e. The van der Waals surface area contributed by atoms with Crippen LogP contribution in [0.25, 0.3) is 0 Å². The highest BCUT2D eigenvalue weighted by Gasteiger charge is 2.39. The second kappa shape index (κ2) is 8.18. The first-order valence-electron chi connectivity index (χ1n) is 7.24. The number of ketones is 1. The van der Waals surface area contributed by atoms with Gasteiger partial charge in [0.2, 0.25) is 0 Å². The average molecular weight is 311 g/mol. The number of Topliss-reactive ketones (excluding diaryl/α,β-unsaturated/α-hetero) is 1. The minimum Gasteiger partial charge on any atom is -0.468 e. The molecule has 0 N–H and O–H groups in total. The number of carbonyl (C=O) groups is 2. The fourth-order valence-corrected chi connectivity index (χ4v) is 2.64. The first-order chi connectivity index (χ1) is 9.90. The summed E-state index contributed by atoms with van der Waals surface area (Å²) >= 11 is 5.84. The minimum absolute atomic E-state index is 0.114. The smallest absolute Gasteiger partial charge is 0.293 e. The zero-order valence-electron chi connectivity index (χ0n) is 12.9. The minimum atomic E-state index is -0.114. The zero-order valence-corrected chi connectivity index (χ0v) is 13.7. The molecule has 0 saturated heterocycles. The predicted octanol–water partition coefficient (Wildman–Crippen LogP) is 4.07. The average Bonchev–Trinajstić information content (AvgIpc) is 2.70. The molecule has 1 unspecified atom stereocenters. The number of carbonyl (C=O) groups excluding carboxylic acids is 2. The monoisotopic (exact) mass is 310 g/mol. The van der Waals surface area contributed by atoms with E-state index >= 15 is 0 Å². The van der Waals surface area contributed by atoms with E-state index in [2.05, 4.69) is 18.6 Å². The lowest BCUT2D eigenvalue weighted by atomic mass is 9.87. The van der Waals surface area contributed by atoms with Gasteiger partial charge in [0.05, 0.1) is 6.61 Å². The fourth-order valence-electron chi connectivity index (χ4n) is 2.51. The van der Waals surface area contributed by atoms with Crippen LogP contribution in [0.15, 0.2) is 24.3 Å². The van der Waals surface area contributed by atoms with Crippen LogP contribution < -0.4 is 0 Å². The Hall–Kier alpha value is -1.35. The molecule has 1 aliphatic rings. The molecule has 1 fully saturated rings. The van der Waals surface area contributed by atoms with Crippen LogP contribution in [0.3, 0.4) is 0 Å². The number of benzene rings is 1. The van der Waals surface area contributed by atoms with Crippen LogP contribution in [0.4, 0.5) is 0 Å². The lowest BCUT2D eigenvalue weighted by Crippen LogP contribution is -2.22. The van der Waals surface area contributed by atoms with Crippen LogP contribution in [0.1, 0.15) is 39.2 Å². The summed E-state index contributed by atoms with van der Waals surface area (Å²) in [6, 6.07) is 7.81. The molecular weight excluding hydrogens is 288 g/mol. The Labute approximate surface area is 131 Å². The molecule has 0 spiro atoms. The molecule has 21 heavy (non-hydrogen) atoms. The van der Waals surface area contributed by atoms with Crippen molar-refractivity contribution in [2.24, 2.45) is 11.3 Å². The molecule has 0 heterocycles. The Bertz CT molecular complexity index is 465. The normalized spacial score (nSPS) is 19.6. The predicted molar refractivity (Wildman–Crippen MR) is 84.4 cm³/mol. The molecule has 0 bridgehead atoms. The molecule has 2 rings (SSSR count). The van der Waals surface area contributed by atoms with E-state index in [0.29, 0.717) is 18.9 Å². The van der Waals surface area contributed by atoms with Gasteiger partial charge in [0.1, 0.15) is 5.78 Å². The molecule has 4 heteroatoms. The van der Waals surface area contributed by atoms with Gasteiger partial charge in [-0.1, -0.05) is 37.6 Å². The summed E-state index contributed by atoms with van der Waals surface area (Å²) in [5.41, 5.74) is 1.09. The van der Waals surface area contributed by atoms with Gasteiger partial charge in [0.25, 0.3) is 6.47 Å². The standard InChI is InChI=1S/C14H17ClO.C3H6O2/c1-14(2)8-7-11(13(14)16)9-10-3-5-12(15)6-4-10;1-2-5-3-4/h3-6,11H,7-9H2,1-2H3;3H,2H2,1H3. The summed E-state index contributed by atoms with van der Waals surface area (Å²) in [5.74, 6) is 0.624. The molecule has 1 aliphatic carbocycles. The number of rotatable bonds is 4. The van der Waals surface area contributed by atoms with Gasteiger partial charge in [-0.15, -0.1) is 0 Å². The molecule has 1 saturated carbocycles. The Morgan fingerprint density at radius 2 is 1.95 bits per heavy atom. The Kier molecular flexibility index (Phi) is 6.90. The molecule has 0 aromatic heterocycles. The summed E-state index contributed by atoms with van der Waals surface area (Å²) < 4.78 is 4.15. The van der Waals surface area contributed by atoms with Crippen LogP contribution >= 0.6 is 11.6 Å². The van der Waals surface area contributed by atoms with Crippen LogP contribution in [0.2, 0.25) is 5.02 Å². The molecule has 0 amide bonds. The maximum Gasteiger partial charge on any atom is 0.293 e. The third kappa shape index (κ3) is 5.50. The summed E-state index contributed by atoms with van der Waals surface area (Å²) in [4.78, 5) is 21.3. The van der Waals surface area contributed by atoms with Crippen molar-refractivity contribution in [1.29, 1.82) is 0 Å². The first-order valence-corrected chi connectivity index (χ1v) is 7.62. The van der Waals surface area contributed by atoms with Gasteiger partial charge in [0, 0.05) is 16.4 Å². The van der Waals surface area contributed by atoms with E-state index in [9.17, 15) is 9.59 Å². The highest BCUT2D eigenvalue weighted by atomic mass is 35.5. The number of hydrogen-bond donors (Lipinski definition) is 0. The third-order valence-electron chi connectivity index (χ3n) is 3.79. The topological polar surface area (TPSA) is 43.4 Å². The van der Waals surface area contributed by atoms with Gasteiger partial charge in [-0.25, -0.2) is 0 Å². The van der Waals surface area contributed by atoms with Gasteiger partial charge in [-0.3, -0.25) is 9.59 Å². The van der Waals surface area contributed by atoms with Gasteiger partial charge in [-0.2, -0.15) is 0 Å². The van der Waals surface area contributed by atoms with E-state index in [1.54, 1.807) is 6.92 Å². The van der Waals surface area contributed by atoms with Crippen molar-refractivity contribution in [2.45, 2.75) is 40.0 Å². The van der Waals surface area contributed by atoms with Crippen molar-refractivity contribution in [2.75, 3.05) is 6.61 Å². The van der Waals surface area contributed by atoms with E-state index < -0.39 is 0 Å². The summed E-state index contributed by atoms with van der Waals surface area (Å²) in [7, 11) is 0. The van der Waals surface area contributed by atoms with Crippen molar-refractivity contribution >= 4 is 23.9 Å². The molecular formula is C17H23ClO3. The van der Waals surface area contributed by atoms with Crippen LogP contribution in [0, 0.1) is 11.3 Å². The van der Waals surface area contributed by atoms with Crippen molar-refractivity contribution in [3.8, 4) is 0 Å². The lowest BCUT2D eigenvalue weighted by Gasteiger charge is -2.15. The molecule has 1 atom stereocenters. The van der Waals surface area contributed by atoms with Crippen molar-refractivity contribution in [1.82, 2.24) is 0 Å². The second-order valence-electron chi connectivity index (χ2n) is 5.87. The maximum absolute atomic E-state index is 12.1. The van der Waals surface area contributed by atoms with E-state index in [1.165, 1.54) is 5.56 Å². The molecule has 0 radical (unpaired) electrons. The van der Waals surface area contributed by atoms with Gasteiger partial charge >= 0.3 is 0 Å². The fraction of sp³-hybridized carbons (Fsp3) is 0.529. The lowest BCUT2D eigenvalue weighted by molar-refractivity contribution is -0.128. The van der Waals surface area contributed by atoms with Crippen LogP contribution in [-0.2, 0) is 20.7 Å². The molecule has 116 valence electrons. The Balaban J connectivity index is 0.000000383.